The van der Waals surface area contributed by atoms with Gasteiger partial charge in [0.2, 0.25) is 0 Å². The molecule has 0 saturated carbocycles. The van der Waals surface area contributed by atoms with Crippen molar-refractivity contribution in [3.8, 4) is 22.3 Å². The number of hydrogen-bond acceptors (Lipinski definition) is 0. The van der Waals surface area contributed by atoms with Crippen molar-refractivity contribution in [2.75, 3.05) is 0 Å². The smallest absolute Gasteiger partial charge is 0.193 e. The molecule has 5 aromatic rings. The molecule has 4 aromatic carbocycles. The van der Waals surface area contributed by atoms with Crippen molar-refractivity contribution >= 4 is 32.5 Å². The molecule has 0 aliphatic rings. The molecule has 4 heteroatoms. The zero-order valence-corrected chi connectivity index (χ0v) is 45.4. The molecule has 0 bridgehead atoms. The summed E-state index contributed by atoms with van der Waals surface area (Å²) < 4.78 is 5.19. The van der Waals surface area contributed by atoms with E-state index in [9.17, 15) is 0 Å². The van der Waals surface area contributed by atoms with Crippen LogP contribution in [0.15, 0.2) is 54.6 Å². The topological polar surface area (TPSA) is 8.81 Å². The summed E-state index contributed by atoms with van der Waals surface area (Å²) in [6, 6.07) is 23.0. The minimum atomic E-state index is -2.23. The van der Waals surface area contributed by atoms with Gasteiger partial charge in [0.25, 0.3) is 0 Å². The molecule has 0 unspecified atom stereocenters. The van der Waals surface area contributed by atoms with Crippen LogP contribution in [0.1, 0.15) is 239 Å². The Morgan fingerprint density at radius 1 is 0.468 bits per heavy atom. The summed E-state index contributed by atoms with van der Waals surface area (Å²) >= 11 is 0. The first kappa shape index (κ1) is 49.7. The predicted octanol–water partition coefficient (Wildman–Crippen LogP) is 15.0. The highest BCUT2D eigenvalue weighted by Gasteiger charge is 2.33. The van der Waals surface area contributed by atoms with Gasteiger partial charge >= 0.3 is 0 Å². The summed E-state index contributed by atoms with van der Waals surface area (Å²) in [6.07, 6.45) is 0. The zero-order valence-electron chi connectivity index (χ0n) is 43.3. The normalized spacial score (nSPS) is 13.2. The first-order valence-electron chi connectivity index (χ1n) is 24.3. The number of nitrogens with zero attached hydrogens (tertiary/aromatic N) is 2. The van der Waals surface area contributed by atoms with Crippen LogP contribution in [0.25, 0.3) is 22.3 Å². The summed E-state index contributed by atoms with van der Waals surface area (Å²) in [5.41, 5.74) is 23.5. The van der Waals surface area contributed by atoms with Crippen LogP contribution in [-0.2, 0) is 14.1 Å². The number of benzene rings is 4. The van der Waals surface area contributed by atoms with Crippen LogP contribution in [0, 0.1) is 13.8 Å². The first-order valence-corrected chi connectivity index (χ1v) is 28.0. The second-order valence-electron chi connectivity index (χ2n) is 21.5. The van der Waals surface area contributed by atoms with Crippen LogP contribution < -0.4 is 20.5 Å². The Labute approximate surface area is 384 Å². The largest absolute Gasteiger partial charge is 0.492 e. The van der Waals surface area contributed by atoms with Crippen LogP contribution in [0.5, 0.6) is 0 Å². The summed E-state index contributed by atoms with van der Waals surface area (Å²) in [5, 5.41) is 3.17. The standard InChI is InChI=1S/C58H85N2PSi/c1-32(2)43-26-48(35(7)8)54(49(27-43)36(9)10)46-24-23-25-47(55-50(37(11)12)28-44(33(3)4)29-51(55)38(13)14)57(46)62(58-59(21)41(19)42(20)60(58)22)61-56-52(39(15)16)30-45(34(5)6)31-53(56)40(17)18/h23-40,62H,1-22H3/t62-/m1/s1. The molecule has 0 spiro atoms. The molecule has 5 rings (SSSR count). The van der Waals surface area contributed by atoms with Gasteiger partial charge in [0, 0.05) is 13.8 Å². The minimum Gasteiger partial charge on any atom is -0.492 e. The van der Waals surface area contributed by atoms with E-state index in [0.717, 1.165) is 0 Å². The van der Waals surface area contributed by atoms with Crippen LogP contribution in [0.4, 0.5) is 0 Å². The van der Waals surface area contributed by atoms with E-state index in [4.69, 9.17) is 0 Å². The highest BCUT2D eigenvalue weighted by molar-refractivity contribution is 7.86. The van der Waals surface area contributed by atoms with Gasteiger partial charge in [0.05, 0.1) is 22.6 Å². The Balaban J connectivity index is 2.16. The van der Waals surface area contributed by atoms with Crippen molar-refractivity contribution < 1.29 is 4.57 Å². The maximum Gasteiger partial charge on any atom is 0.193 e. The average Bonchev–Trinajstić information content (AvgIpc) is 3.39. The van der Waals surface area contributed by atoms with Crippen LogP contribution >= 0.6 is 8.13 Å². The molecule has 1 aromatic heterocycles. The van der Waals surface area contributed by atoms with Crippen molar-refractivity contribution in [1.82, 2.24) is 4.57 Å². The lowest BCUT2D eigenvalue weighted by molar-refractivity contribution is -0.659. The molecule has 336 valence electrons. The highest BCUT2D eigenvalue weighted by atomic mass is 31.3. The first-order chi connectivity index (χ1) is 28.9. The van der Waals surface area contributed by atoms with Gasteiger partial charge in [-0.2, -0.15) is 5.30 Å². The Bertz CT molecular complexity index is 2170. The van der Waals surface area contributed by atoms with E-state index >= 15 is 0 Å². The molecule has 1 heterocycles. The summed E-state index contributed by atoms with van der Waals surface area (Å²) in [4.78, 5) is 0. The maximum absolute atomic E-state index is 2.59. The third-order valence-electron chi connectivity index (χ3n) is 14.0. The van der Waals surface area contributed by atoms with E-state index in [-0.39, 0.29) is 0 Å². The van der Waals surface area contributed by atoms with E-state index in [2.05, 4.69) is 216 Å². The van der Waals surface area contributed by atoms with E-state index in [1.165, 1.54) is 97.3 Å². The summed E-state index contributed by atoms with van der Waals surface area (Å²) in [6.45, 7) is 47.9. The number of hydrogen-bond donors (Lipinski definition) is 0. The predicted molar refractivity (Wildman–Crippen MR) is 280 cm³/mol. The average molecular weight is 869 g/mol. The van der Waals surface area contributed by atoms with Gasteiger partial charge in [0.15, 0.2) is 5.45 Å². The maximum atomic E-state index is 2.59. The van der Waals surface area contributed by atoms with Gasteiger partial charge in [-0.3, -0.25) is 0 Å². The van der Waals surface area contributed by atoms with E-state index in [1.54, 1.807) is 10.5 Å². The number of rotatable bonds is 15. The lowest BCUT2D eigenvalue weighted by Crippen LogP contribution is -2.60. The zero-order chi connectivity index (χ0) is 46.4. The van der Waals surface area contributed by atoms with Crippen LogP contribution in [0.2, 0.25) is 0 Å². The Morgan fingerprint density at radius 3 is 1.03 bits per heavy atom. The van der Waals surface area contributed by atoms with Crippen molar-refractivity contribution in [3.63, 3.8) is 0 Å². The van der Waals surface area contributed by atoms with E-state index < -0.39 is 8.46 Å². The van der Waals surface area contributed by atoms with Gasteiger partial charge in [-0.05, 0) is 114 Å². The second-order valence-corrected chi connectivity index (χ2v) is 26.5. The van der Waals surface area contributed by atoms with Crippen molar-refractivity contribution in [2.24, 2.45) is 14.1 Å². The lowest BCUT2D eigenvalue weighted by atomic mass is 9.79. The quantitative estimate of drug-likeness (QED) is 0.0563. The van der Waals surface area contributed by atoms with Crippen LogP contribution in [-0.4, -0.2) is 13.0 Å². The molecular formula is C58H85N2PSi. The lowest BCUT2D eigenvalue weighted by Gasteiger charge is -2.38. The van der Waals surface area contributed by atoms with Crippen molar-refractivity contribution in [1.29, 1.82) is 0 Å². The van der Waals surface area contributed by atoms with E-state index in [0.29, 0.717) is 53.3 Å². The number of aromatic nitrogens is 2. The fraction of sp³-hybridized carbons (Fsp3) is 0.534. The molecule has 0 N–H and O–H groups in total. The summed E-state index contributed by atoms with van der Waals surface area (Å²) in [5.74, 6) is 3.70. The van der Waals surface area contributed by atoms with Gasteiger partial charge in [-0.25, -0.2) is 9.13 Å². The van der Waals surface area contributed by atoms with Gasteiger partial charge < -0.3 is 8.13 Å². The Kier molecular flexibility index (Phi) is 15.9. The molecule has 0 saturated heterocycles. The molecule has 62 heavy (non-hydrogen) atoms. The van der Waals surface area contributed by atoms with Gasteiger partial charge in [0.1, 0.15) is 11.4 Å². The summed E-state index contributed by atoms with van der Waals surface area (Å²) in [7, 11) is 3.94. The monoisotopic (exact) mass is 869 g/mol. The highest BCUT2D eigenvalue weighted by Crippen LogP contribution is 2.44. The molecular weight excluding hydrogens is 784 g/mol. The van der Waals surface area contributed by atoms with Gasteiger partial charge in [-0.1, -0.05) is 196 Å². The molecule has 0 aliphatic heterocycles. The number of imidazole rings is 1. The fourth-order valence-electron chi connectivity index (χ4n) is 9.70. The minimum absolute atomic E-state index is 0.373. The van der Waals surface area contributed by atoms with Crippen LogP contribution in [0.3, 0.4) is 0 Å². The Hall–Kier alpha value is -3.26. The fourth-order valence-corrected chi connectivity index (χ4v) is 17.9. The third kappa shape index (κ3) is 9.71. The molecule has 2 nitrogen and oxygen atoms in total. The SMILES string of the molecule is Cc1c(C)[n+](C)c([Si@H]([P-]c2c(C(C)C)cc(C(C)C)cc2C(C)C)c2c(-c3c(C(C)C)cc(C(C)C)cc3C(C)C)cccc2-c2c(C(C)C)cc(C(C)C)cc2C(C)C)n1C. The van der Waals surface area contributed by atoms with Gasteiger partial charge in [-0.15, -0.1) is 0 Å². The molecule has 0 fully saturated rings. The van der Waals surface area contributed by atoms with Crippen molar-refractivity contribution in [3.05, 3.63) is 116 Å². The molecule has 0 aliphatic carbocycles. The second kappa shape index (κ2) is 19.9. The van der Waals surface area contributed by atoms with Crippen molar-refractivity contribution in [2.45, 2.75) is 192 Å². The third-order valence-corrected chi connectivity index (χ3v) is 20.5. The van der Waals surface area contributed by atoms with E-state index in [1.807, 2.05) is 0 Å². The Morgan fingerprint density at radius 2 is 0.774 bits per heavy atom. The molecule has 0 radical (unpaired) electrons. The molecule has 1 atom stereocenters. The molecule has 0 amide bonds.